The molecule has 2 amide bonds. The van der Waals surface area contributed by atoms with Gasteiger partial charge in [0.15, 0.2) is 0 Å². The molecule has 214 valence electrons. The van der Waals surface area contributed by atoms with E-state index in [0.29, 0.717) is 12.1 Å². The minimum atomic E-state index is -5.09. The van der Waals surface area contributed by atoms with E-state index in [-0.39, 0.29) is 30.5 Å². The van der Waals surface area contributed by atoms with Gasteiger partial charge in [-0.1, -0.05) is 6.07 Å². The molecule has 1 aliphatic heterocycles. The summed E-state index contributed by atoms with van der Waals surface area (Å²) in [6.45, 7) is 2.97. The number of hydrogen-bond acceptors (Lipinski definition) is 3. The maximum atomic E-state index is 13.4. The van der Waals surface area contributed by atoms with E-state index < -0.39 is 71.3 Å². The van der Waals surface area contributed by atoms with Gasteiger partial charge in [-0.15, -0.1) is 0 Å². The van der Waals surface area contributed by atoms with Crippen molar-refractivity contribution in [1.82, 2.24) is 4.90 Å². The molecule has 39 heavy (non-hydrogen) atoms. The number of carbonyl (C=O) groups excluding carboxylic acids is 2. The SMILES string of the molecule is CCOC(=O)N1c2cc(C(F)(F)F)ccc2[C@@H](CN(Cc2cc(C(F)(F)F)cc(C(F)(F)F)c2)C(C)=O)[C@H]1C. The molecule has 2 aromatic carbocycles. The third-order valence-electron chi connectivity index (χ3n) is 6.35. The monoisotopic (exact) mass is 570 g/mol. The number of rotatable bonds is 5. The molecule has 2 aromatic rings. The number of nitrogens with zero attached hydrogens (tertiary/aromatic N) is 2. The zero-order valence-electron chi connectivity index (χ0n) is 20.8. The van der Waals surface area contributed by atoms with Crippen LogP contribution >= 0.6 is 0 Å². The van der Waals surface area contributed by atoms with Gasteiger partial charge in [0, 0.05) is 32.0 Å². The van der Waals surface area contributed by atoms with Crippen molar-refractivity contribution in [2.75, 3.05) is 18.1 Å². The summed E-state index contributed by atoms with van der Waals surface area (Å²) in [6, 6.07) is 2.76. The van der Waals surface area contributed by atoms with Crippen LogP contribution in [0, 0.1) is 0 Å². The first-order valence-corrected chi connectivity index (χ1v) is 11.6. The van der Waals surface area contributed by atoms with Gasteiger partial charge in [0.1, 0.15) is 0 Å². The third kappa shape index (κ3) is 6.59. The fourth-order valence-electron chi connectivity index (χ4n) is 4.48. The topological polar surface area (TPSA) is 49.9 Å². The molecule has 0 unspecified atom stereocenters. The number of amides is 2. The molecule has 0 N–H and O–H groups in total. The molecular formula is C25H23F9N2O3. The van der Waals surface area contributed by atoms with E-state index in [1.807, 2.05) is 0 Å². The first-order valence-electron chi connectivity index (χ1n) is 11.6. The van der Waals surface area contributed by atoms with Crippen molar-refractivity contribution in [3.63, 3.8) is 0 Å². The third-order valence-corrected chi connectivity index (χ3v) is 6.35. The van der Waals surface area contributed by atoms with Crippen LogP contribution in [-0.4, -0.2) is 36.1 Å². The molecule has 1 heterocycles. The number of fused-ring (bicyclic) bond motifs is 1. The number of benzene rings is 2. The largest absolute Gasteiger partial charge is 0.449 e. The second-order valence-corrected chi connectivity index (χ2v) is 9.00. The van der Waals surface area contributed by atoms with Gasteiger partial charge in [-0.3, -0.25) is 9.69 Å². The Balaban J connectivity index is 2.02. The van der Waals surface area contributed by atoms with Crippen LogP contribution in [0.4, 0.5) is 50.0 Å². The molecule has 0 spiro atoms. The first-order chi connectivity index (χ1) is 17.8. The molecule has 14 heteroatoms. The molecule has 5 nitrogen and oxygen atoms in total. The maximum Gasteiger partial charge on any atom is 0.416 e. The molecule has 0 aliphatic carbocycles. The van der Waals surface area contributed by atoms with E-state index in [4.69, 9.17) is 4.74 Å². The summed E-state index contributed by atoms with van der Waals surface area (Å²) in [5, 5.41) is 0. The Morgan fingerprint density at radius 2 is 1.41 bits per heavy atom. The molecule has 2 atom stereocenters. The maximum absolute atomic E-state index is 13.4. The van der Waals surface area contributed by atoms with Gasteiger partial charge in [0.2, 0.25) is 5.91 Å². The lowest BCUT2D eigenvalue weighted by Gasteiger charge is -2.29. The predicted octanol–water partition coefficient (Wildman–Crippen LogP) is 7.24. The highest BCUT2D eigenvalue weighted by Gasteiger charge is 2.43. The number of anilines is 1. The fourth-order valence-corrected chi connectivity index (χ4v) is 4.48. The second kappa shape index (κ2) is 10.6. The molecule has 1 aliphatic rings. The van der Waals surface area contributed by atoms with Crippen LogP contribution < -0.4 is 4.90 Å². The summed E-state index contributed by atoms with van der Waals surface area (Å²) >= 11 is 0. The Bertz CT molecular complexity index is 1210. The number of ether oxygens (including phenoxy) is 1. The summed E-state index contributed by atoms with van der Waals surface area (Å²) in [4.78, 5) is 27.0. The second-order valence-electron chi connectivity index (χ2n) is 9.00. The average molecular weight is 570 g/mol. The van der Waals surface area contributed by atoms with E-state index in [1.54, 1.807) is 0 Å². The molecule has 0 aromatic heterocycles. The zero-order chi connectivity index (χ0) is 29.5. The minimum Gasteiger partial charge on any atom is -0.449 e. The molecule has 0 saturated heterocycles. The smallest absolute Gasteiger partial charge is 0.416 e. The molecule has 0 fully saturated rings. The predicted molar refractivity (Wildman–Crippen MR) is 121 cm³/mol. The van der Waals surface area contributed by atoms with Gasteiger partial charge >= 0.3 is 24.6 Å². The molecule has 0 saturated carbocycles. The van der Waals surface area contributed by atoms with Crippen LogP contribution in [0.15, 0.2) is 36.4 Å². The number of alkyl halides is 9. The number of carbonyl (C=O) groups is 2. The molecule has 0 radical (unpaired) electrons. The van der Waals surface area contributed by atoms with Crippen molar-refractivity contribution in [3.05, 3.63) is 64.2 Å². The Labute approximate surface area is 217 Å². The highest BCUT2D eigenvalue weighted by atomic mass is 19.4. The summed E-state index contributed by atoms with van der Waals surface area (Å²) < 4.78 is 125. The summed E-state index contributed by atoms with van der Waals surface area (Å²) in [5.74, 6) is -1.54. The van der Waals surface area contributed by atoms with Gasteiger partial charge in [-0.2, -0.15) is 39.5 Å². The van der Waals surface area contributed by atoms with Gasteiger partial charge in [0.25, 0.3) is 0 Å². The van der Waals surface area contributed by atoms with Crippen molar-refractivity contribution in [2.24, 2.45) is 0 Å². The van der Waals surface area contributed by atoms with E-state index in [9.17, 15) is 49.1 Å². The summed E-state index contributed by atoms with van der Waals surface area (Å²) in [5.41, 5.74) is -4.49. The molecule has 3 rings (SSSR count). The van der Waals surface area contributed by atoms with Crippen molar-refractivity contribution in [1.29, 1.82) is 0 Å². The normalized spacial score (nSPS) is 17.7. The van der Waals surface area contributed by atoms with Gasteiger partial charge in [0.05, 0.1) is 29.0 Å². The van der Waals surface area contributed by atoms with Gasteiger partial charge < -0.3 is 9.64 Å². The van der Waals surface area contributed by atoms with Crippen molar-refractivity contribution < 1.29 is 53.8 Å². The van der Waals surface area contributed by atoms with Gasteiger partial charge in [-0.05, 0) is 55.3 Å². The van der Waals surface area contributed by atoms with Crippen molar-refractivity contribution >= 4 is 17.7 Å². The van der Waals surface area contributed by atoms with Crippen molar-refractivity contribution in [3.8, 4) is 0 Å². The van der Waals surface area contributed by atoms with Crippen LogP contribution in [0.5, 0.6) is 0 Å². The molecular weight excluding hydrogens is 547 g/mol. The van der Waals surface area contributed by atoms with Crippen LogP contribution in [0.3, 0.4) is 0 Å². The minimum absolute atomic E-state index is 0.0354. The fraction of sp³-hybridized carbons (Fsp3) is 0.440. The Hall–Kier alpha value is -3.45. The lowest BCUT2D eigenvalue weighted by molar-refractivity contribution is -0.143. The summed E-state index contributed by atoms with van der Waals surface area (Å²) in [6.07, 6.45) is -15.9. The van der Waals surface area contributed by atoms with E-state index in [0.717, 1.165) is 34.9 Å². The van der Waals surface area contributed by atoms with E-state index in [2.05, 4.69) is 0 Å². The highest BCUT2D eigenvalue weighted by molar-refractivity contribution is 5.92. The Morgan fingerprint density at radius 3 is 1.87 bits per heavy atom. The molecule has 0 bridgehead atoms. The van der Waals surface area contributed by atoms with Crippen LogP contribution in [-0.2, 0) is 34.6 Å². The average Bonchev–Trinajstić information content (AvgIpc) is 3.07. The zero-order valence-corrected chi connectivity index (χ0v) is 20.8. The summed E-state index contributed by atoms with van der Waals surface area (Å²) in [7, 11) is 0. The Morgan fingerprint density at radius 1 is 0.872 bits per heavy atom. The highest BCUT2D eigenvalue weighted by Crippen LogP contribution is 2.45. The van der Waals surface area contributed by atoms with Gasteiger partial charge in [-0.25, -0.2) is 4.79 Å². The van der Waals surface area contributed by atoms with E-state index in [1.165, 1.54) is 13.8 Å². The number of hydrogen-bond donors (Lipinski definition) is 0. The van der Waals surface area contributed by atoms with Crippen LogP contribution in [0.1, 0.15) is 54.5 Å². The van der Waals surface area contributed by atoms with Crippen LogP contribution in [0.2, 0.25) is 0 Å². The Kier molecular flexibility index (Phi) is 8.19. The first kappa shape index (κ1) is 30.1. The lowest BCUT2D eigenvalue weighted by atomic mass is 9.94. The van der Waals surface area contributed by atoms with Crippen molar-refractivity contribution in [2.45, 2.75) is 57.8 Å². The van der Waals surface area contributed by atoms with E-state index >= 15 is 0 Å². The lowest BCUT2D eigenvalue weighted by Crippen LogP contribution is -2.41. The van der Waals surface area contributed by atoms with Crippen LogP contribution in [0.25, 0.3) is 0 Å². The number of halogens is 9. The quantitative estimate of drug-likeness (QED) is 0.356. The standard InChI is InChI=1S/C25H23F9N2O3/c1-4-39-22(38)36-13(2)20(19-6-5-16(10-21(19)36)23(26,27)28)12-35(14(3)37)11-15-7-17(24(29,30)31)9-18(8-15)25(32,33)34/h5-10,13,20H,4,11-12H2,1-3H3/t13-,20+/m1/s1.